The molecule has 0 aliphatic rings. The molecule has 0 unspecified atom stereocenters. The molecule has 0 aliphatic heterocycles. The maximum absolute atomic E-state index is 12.3. The van der Waals surface area contributed by atoms with Crippen LogP contribution in [0.3, 0.4) is 0 Å². The molecule has 21 heavy (non-hydrogen) atoms. The monoisotopic (exact) mass is 290 g/mol. The Morgan fingerprint density at radius 2 is 1.48 bits per heavy atom. The fourth-order valence-electron chi connectivity index (χ4n) is 2.38. The van der Waals surface area contributed by atoms with Crippen LogP contribution in [-0.2, 0) is 4.79 Å². The van der Waals surface area contributed by atoms with Gasteiger partial charge in [0.2, 0.25) is 5.91 Å². The number of carbonyl (C=O) groups excluding carboxylic acids is 1. The van der Waals surface area contributed by atoms with Crippen molar-refractivity contribution in [2.24, 2.45) is 5.41 Å². The van der Waals surface area contributed by atoms with Gasteiger partial charge in [0.15, 0.2) is 0 Å². The first-order valence-corrected chi connectivity index (χ1v) is 7.62. The Kier molecular flexibility index (Phi) is 5.43. The second-order valence-electron chi connectivity index (χ2n) is 7.63. The molecule has 1 aromatic carbocycles. The van der Waals surface area contributed by atoms with Crippen molar-refractivity contribution < 1.29 is 4.79 Å². The minimum atomic E-state index is -0.325. The third kappa shape index (κ3) is 5.07. The quantitative estimate of drug-likeness (QED) is 0.842. The van der Waals surface area contributed by atoms with Crippen LogP contribution >= 0.6 is 0 Å². The van der Waals surface area contributed by atoms with Crippen molar-refractivity contribution in [2.75, 3.05) is 25.0 Å². The molecule has 0 atom stereocenters. The van der Waals surface area contributed by atoms with E-state index in [9.17, 15) is 4.79 Å². The van der Waals surface area contributed by atoms with Crippen LogP contribution < -0.4 is 4.90 Å². The predicted molar refractivity (Wildman–Crippen MR) is 90.6 cm³/mol. The van der Waals surface area contributed by atoms with Crippen LogP contribution in [0.25, 0.3) is 0 Å². The van der Waals surface area contributed by atoms with E-state index in [1.165, 1.54) is 5.69 Å². The lowest BCUT2D eigenvalue weighted by Crippen LogP contribution is -2.47. The van der Waals surface area contributed by atoms with Crippen LogP contribution in [-0.4, -0.2) is 36.5 Å². The summed E-state index contributed by atoms with van der Waals surface area (Å²) >= 11 is 0. The molecule has 1 aromatic rings. The molecule has 0 heterocycles. The van der Waals surface area contributed by atoms with Crippen LogP contribution in [0.2, 0.25) is 0 Å². The maximum atomic E-state index is 12.3. The molecule has 1 rings (SSSR count). The lowest BCUT2D eigenvalue weighted by molar-refractivity contribution is -0.137. The van der Waals surface area contributed by atoms with Gasteiger partial charge >= 0.3 is 0 Å². The summed E-state index contributed by atoms with van der Waals surface area (Å²) in [7, 11) is 1.89. The third-order valence-electron chi connectivity index (χ3n) is 3.52. The van der Waals surface area contributed by atoms with Gasteiger partial charge < -0.3 is 9.80 Å². The molecular weight excluding hydrogens is 260 g/mol. The summed E-state index contributed by atoms with van der Waals surface area (Å²) in [4.78, 5) is 16.5. The van der Waals surface area contributed by atoms with Crippen molar-refractivity contribution in [3.05, 3.63) is 30.3 Å². The van der Waals surface area contributed by atoms with E-state index < -0.39 is 0 Å². The number of rotatable bonds is 4. The fraction of sp³-hybridized carbons (Fsp3) is 0.611. The summed E-state index contributed by atoms with van der Waals surface area (Å²) in [5.74, 6) is 0.185. The largest absolute Gasteiger partial charge is 0.365 e. The first-order chi connectivity index (χ1) is 9.53. The van der Waals surface area contributed by atoms with Crippen LogP contribution in [0.15, 0.2) is 30.3 Å². The Morgan fingerprint density at radius 3 is 1.90 bits per heavy atom. The minimum absolute atomic E-state index is 0.0208. The molecule has 0 saturated carbocycles. The molecule has 0 aliphatic carbocycles. The van der Waals surface area contributed by atoms with Gasteiger partial charge in [0.25, 0.3) is 0 Å². The van der Waals surface area contributed by atoms with Gasteiger partial charge in [0, 0.05) is 36.8 Å². The average Bonchev–Trinajstić information content (AvgIpc) is 2.36. The summed E-state index contributed by atoms with van der Waals surface area (Å²) in [5, 5.41) is 0. The lowest BCUT2D eigenvalue weighted by Gasteiger charge is -2.39. The average molecular weight is 290 g/mol. The molecule has 0 N–H and O–H groups in total. The molecule has 118 valence electrons. The number of benzene rings is 1. The fourth-order valence-corrected chi connectivity index (χ4v) is 2.38. The van der Waals surface area contributed by atoms with Crippen LogP contribution in [0.4, 0.5) is 5.69 Å². The molecule has 0 aromatic heterocycles. The highest BCUT2D eigenvalue weighted by atomic mass is 16.2. The van der Waals surface area contributed by atoms with Crippen molar-refractivity contribution >= 4 is 11.6 Å². The topological polar surface area (TPSA) is 23.6 Å². The zero-order valence-corrected chi connectivity index (χ0v) is 14.6. The number of hydrogen-bond donors (Lipinski definition) is 0. The van der Waals surface area contributed by atoms with Gasteiger partial charge in [-0.3, -0.25) is 4.79 Å². The van der Waals surface area contributed by atoms with E-state index in [-0.39, 0.29) is 16.9 Å². The van der Waals surface area contributed by atoms with E-state index >= 15 is 0 Å². The summed E-state index contributed by atoms with van der Waals surface area (Å²) in [5.41, 5.74) is 0.891. The number of amides is 1. The van der Waals surface area contributed by atoms with E-state index in [4.69, 9.17) is 0 Å². The molecule has 1 amide bonds. The number of likely N-dealkylation sites (N-methyl/N-ethyl adjacent to an activating group) is 1. The standard InChI is InChI=1S/C18H30N2O/c1-17(2,3)16(21)19(7)13-14-20(18(4,5)6)15-11-9-8-10-12-15/h8-12H,13-14H2,1-7H3. The molecule has 0 saturated heterocycles. The molecule has 0 radical (unpaired) electrons. The molecule has 0 spiro atoms. The zero-order valence-electron chi connectivity index (χ0n) is 14.6. The van der Waals surface area contributed by atoms with E-state index in [0.29, 0.717) is 0 Å². The summed E-state index contributed by atoms with van der Waals surface area (Å²) in [6.07, 6.45) is 0. The normalized spacial score (nSPS) is 12.1. The van der Waals surface area contributed by atoms with E-state index in [0.717, 1.165) is 13.1 Å². The van der Waals surface area contributed by atoms with Crippen molar-refractivity contribution in [2.45, 2.75) is 47.1 Å². The van der Waals surface area contributed by atoms with Crippen molar-refractivity contribution in [3.63, 3.8) is 0 Å². The second-order valence-corrected chi connectivity index (χ2v) is 7.63. The highest BCUT2D eigenvalue weighted by Gasteiger charge is 2.27. The predicted octanol–water partition coefficient (Wildman–Crippen LogP) is 3.80. The van der Waals surface area contributed by atoms with Gasteiger partial charge in [0.05, 0.1) is 0 Å². The van der Waals surface area contributed by atoms with Gasteiger partial charge in [-0.25, -0.2) is 0 Å². The first kappa shape index (κ1) is 17.5. The van der Waals surface area contributed by atoms with Gasteiger partial charge in [-0.2, -0.15) is 0 Å². The summed E-state index contributed by atoms with van der Waals surface area (Å²) in [6, 6.07) is 10.4. The Hall–Kier alpha value is -1.51. The molecular formula is C18H30N2O. The van der Waals surface area contributed by atoms with Crippen molar-refractivity contribution in [3.8, 4) is 0 Å². The number of carbonyl (C=O) groups is 1. The SMILES string of the molecule is CN(CCN(c1ccccc1)C(C)(C)C)C(=O)C(C)(C)C. The molecule has 0 bridgehead atoms. The number of nitrogens with zero attached hydrogens (tertiary/aromatic N) is 2. The van der Waals surface area contributed by atoms with Crippen LogP contribution in [0.1, 0.15) is 41.5 Å². The van der Waals surface area contributed by atoms with E-state index in [2.05, 4.69) is 49.9 Å². The summed E-state index contributed by atoms with van der Waals surface area (Å²) in [6.45, 7) is 14.0. The summed E-state index contributed by atoms with van der Waals surface area (Å²) < 4.78 is 0. The van der Waals surface area contributed by atoms with Crippen LogP contribution in [0.5, 0.6) is 0 Å². The van der Waals surface area contributed by atoms with Crippen molar-refractivity contribution in [1.82, 2.24) is 4.90 Å². The highest BCUT2D eigenvalue weighted by molar-refractivity contribution is 5.81. The third-order valence-corrected chi connectivity index (χ3v) is 3.52. The zero-order chi connectivity index (χ0) is 16.3. The Balaban J connectivity index is 2.79. The maximum Gasteiger partial charge on any atom is 0.227 e. The van der Waals surface area contributed by atoms with E-state index in [1.807, 2.05) is 38.8 Å². The Labute approximate surface area is 129 Å². The molecule has 3 heteroatoms. The second kappa shape index (κ2) is 6.50. The highest BCUT2D eigenvalue weighted by Crippen LogP contribution is 2.23. The van der Waals surface area contributed by atoms with Gasteiger partial charge in [-0.1, -0.05) is 39.0 Å². The van der Waals surface area contributed by atoms with E-state index in [1.54, 1.807) is 0 Å². The lowest BCUT2D eigenvalue weighted by atomic mass is 9.95. The van der Waals surface area contributed by atoms with Crippen molar-refractivity contribution in [1.29, 1.82) is 0 Å². The first-order valence-electron chi connectivity index (χ1n) is 7.62. The smallest absolute Gasteiger partial charge is 0.227 e. The van der Waals surface area contributed by atoms with Crippen LogP contribution in [0, 0.1) is 5.41 Å². The number of anilines is 1. The number of hydrogen-bond acceptors (Lipinski definition) is 2. The Bertz CT molecular complexity index is 454. The van der Waals surface area contributed by atoms with Gasteiger partial charge in [-0.05, 0) is 32.9 Å². The molecule has 3 nitrogen and oxygen atoms in total. The Morgan fingerprint density at radius 1 is 0.952 bits per heavy atom. The molecule has 0 fully saturated rings. The number of para-hydroxylation sites is 1. The van der Waals surface area contributed by atoms with Gasteiger partial charge in [-0.15, -0.1) is 0 Å². The minimum Gasteiger partial charge on any atom is -0.365 e. The van der Waals surface area contributed by atoms with Gasteiger partial charge in [0.1, 0.15) is 0 Å².